The van der Waals surface area contributed by atoms with Crippen LogP contribution in [0, 0.1) is 28.9 Å². The third-order valence-electron chi connectivity index (χ3n) is 5.21. The molecular formula is C18H23N3O2S. The molecule has 1 heterocycles. The maximum atomic E-state index is 11.2. The van der Waals surface area contributed by atoms with Crippen LogP contribution in [0.5, 0.6) is 0 Å². The van der Waals surface area contributed by atoms with Crippen LogP contribution in [-0.2, 0) is 0 Å². The van der Waals surface area contributed by atoms with E-state index in [1.54, 1.807) is 29.5 Å². The van der Waals surface area contributed by atoms with E-state index in [4.69, 9.17) is 0 Å². The van der Waals surface area contributed by atoms with E-state index in [2.05, 4.69) is 35.7 Å². The Morgan fingerprint density at radius 1 is 1.29 bits per heavy atom. The van der Waals surface area contributed by atoms with Crippen LogP contribution in [0.2, 0.25) is 0 Å². The van der Waals surface area contributed by atoms with Gasteiger partial charge in [-0.05, 0) is 31.2 Å². The van der Waals surface area contributed by atoms with Crippen LogP contribution in [0.15, 0.2) is 34.6 Å². The maximum absolute atomic E-state index is 11.2. The number of nitro groups is 1. The molecule has 0 bridgehead atoms. The molecule has 1 fully saturated rings. The Morgan fingerprint density at radius 3 is 2.79 bits per heavy atom. The number of hydrogen-bond donors (Lipinski definition) is 0. The molecule has 0 N–H and O–H groups in total. The quantitative estimate of drug-likeness (QED) is 0.581. The van der Waals surface area contributed by atoms with Crippen molar-refractivity contribution in [3.05, 3.63) is 50.3 Å². The number of nitro benzene ring substituents is 1. The molecule has 1 aliphatic carbocycles. The van der Waals surface area contributed by atoms with E-state index in [0.29, 0.717) is 23.6 Å². The van der Waals surface area contributed by atoms with Gasteiger partial charge in [0.2, 0.25) is 0 Å². The lowest BCUT2D eigenvalue weighted by Crippen LogP contribution is -2.32. The number of thiazole rings is 1. The van der Waals surface area contributed by atoms with Gasteiger partial charge in [0, 0.05) is 23.2 Å². The summed E-state index contributed by atoms with van der Waals surface area (Å²) < 4.78 is 2.29. The molecule has 0 amide bonds. The van der Waals surface area contributed by atoms with Gasteiger partial charge >= 0.3 is 0 Å². The summed E-state index contributed by atoms with van der Waals surface area (Å²) in [6, 6.07) is 7.11. The van der Waals surface area contributed by atoms with Crippen molar-refractivity contribution < 1.29 is 4.92 Å². The van der Waals surface area contributed by atoms with E-state index < -0.39 is 0 Å². The molecule has 0 saturated heterocycles. The minimum atomic E-state index is -0.366. The van der Waals surface area contributed by atoms with Crippen LogP contribution < -0.4 is 4.80 Å². The highest BCUT2D eigenvalue weighted by Crippen LogP contribution is 2.38. The highest BCUT2D eigenvalue weighted by molar-refractivity contribution is 7.07. The topological polar surface area (TPSA) is 60.4 Å². The van der Waals surface area contributed by atoms with Crippen molar-refractivity contribution in [3.8, 4) is 0 Å². The monoisotopic (exact) mass is 345 g/mol. The van der Waals surface area contributed by atoms with Gasteiger partial charge in [0.15, 0.2) is 4.80 Å². The fourth-order valence-corrected chi connectivity index (χ4v) is 4.55. The van der Waals surface area contributed by atoms with Crippen molar-refractivity contribution in [2.45, 2.75) is 46.1 Å². The first-order valence-electron chi connectivity index (χ1n) is 8.44. The number of hydrogen-bond acceptors (Lipinski definition) is 4. The van der Waals surface area contributed by atoms with E-state index in [1.165, 1.54) is 24.6 Å². The molecule has 3 rings (SSSR count). The summed E-state index contributed by atoms with van der Waals surface area (Å²) in [5, 5.41) is 13.3. The van der Waals surface area contributed by atoms with Gasteiger partial charge in [0.25, 0.3) is 5.69 Å². The number of aryl methyl sites for hydroxylation is 1. The van der Waals surface area contributed by atoms with Crippen molar-refractivity contribution in [1.29, 1.82) is 0 Å². The molecule has 1 aliphatic rings. The van der Waals surface area contributed by atoms with Crippen LogP contribution in [0.1, 0.15) is 44.8 Å². The van der Waals surface area contributed by atoms with Crippen LogP contribution in [0.25, 0.3) is 0 Å². The predicted octanol–water partition coefficient (Wildman–Crippen LogP) is 5.00. The average molecular weight is 345 g/mol. The Bertz CT molecular complexity index is 809. The Balaban J connectivity index is 2.10. The first kappa shape index (κ1) is 16.9. The minimum absolute atomic E-state index is 0.0557. The van der Waals surface area contributed by atoms with Crippen molar-refractivity contribution >= 4 is 22.7 Å². The van der Waals surface area contributed by atoms with Crippen molar-refractivity contribution in [2.24, 2.45) is 16.8 Å². The second-order valence-electron chi connectivity index (χ2n) is 6.72. The Kier molecular flexibility index (Phi) is 4.85. The summed E-state index contributed by atoms with van der Waals surface area (Å²) >= 11 is 1.56. The molecule has 1 aromatic carbocycles. The molecule has 3 atom stereocenters. The molecule has 0 radical (unpaired) electrons. The summed E-state index contributed by atoms with van der Waals surface area (Å²) in [7, 11) is 0. The fraction of sp³-hybridized carbons (Fsp3) is 0.500. The fourth-order valence-electron chi connectivity index (χ4n) is 3.62. The molecule has 0 spiro atoms. The zero-order valence-corrected chi connectivity index (χ0v) is 15.1. The minimum Gasteiger partial charge on any atom is -0.318 e. The standard InChI is InChI=1S/C18H23N3O2S/c1-12-7-6-10-16(14(12)3)20-13(2)11-24-18(20)19-15-8-4-5-9-17(15)21(22)23/h4-5,8-9,11-12,14,16H,6-7,10H2,1-3H3. The lowest BCUT2D eigenvalue weighted by atomic mass is 9.78. The third kappa shape index (κ3) is 3.15. The molecule has 1 aromatic heterocycles. The first-order valence-corrected chi connectivity index (χ1v) is 9.31. The van der Waals surface area contributed by atoms with Gasteiger partial charge in [-0.25, -0.2) is 4.99 Å². The van der Waals surface area contributed by atoms with Crippen molar-refractivity contribution in [2.75, 3.05) is 0 Å². The van der Waals surface area contributed by atoms with Gasteiger partial charge in [-0.3, -0.25) is 10.1 Å². The zero-order valence-electron chi connectivity index (χ0n) is 14.3. The maximum Gasteiger partial charge on any atom is 0.294 e. The van der Waals surface area contributed by atoms with Crippen molar-refractivity contribution in [3.63, 3.8) is 0 Å². The van der Waals surface area contributed by atoms with Crippen LogP contribution >= 0.6 is 11.3 Å². The van der Waals surface area contributed by atoms with Crippen LogP contribution in [-0.4, -0.2) is 9.49 Å². The van der Waals surface area contributed by atoms with Gasteiger partial charge in [-0.2, -0.15) is 0 Å². The van der Waals surface area contributed by atoms with E-state index in [1.807, 2.05) is 0 Å². The number of rotatable bonds is 3. The molecular weight excluding hydrogens is 322 g/mol. The van der Waals surface area contributed by atoms with Crippen molar-refractivity contribution in [1.82, 2.24) is 4.57 Å². The van der Waals surface area contributed by atoms with Crippen LogP contribution in [0.4, 0.5) is 11.4 Å². The van der Waals surface area contributed by atoms with E-state index >= 15 is 0 Å². The number of benzene rings is 1. The lowest BCUT2D eigenvalue weighted by molar-refractivity contribution is -0.384. The molecule has 3 unspecified atom stereocenters. The Morgan fingerprint density at radius 2 is 2.04 bits per heavy atom. The lowest BCUT2D eigenvalue weighted by Gasteiger charge is -2.35. The molecule has 5 nitrogen and oxygen atoms in total. The van der Waals surface area contributed by atoms with E-state index in [-0.39, 0.29) is 10.6 Å². The normalized spacial score (nSPS) is 25.0. The van der Waals surface area contributed by atoms with E-state index in [9.17, 15) is 10.1 Å². The number of para-hydroxylation sites is 2. The molecule has 0 aliphatic heterocycles. The van der Waals surface area contributed by atoms with E-state index in [0.717, 1.165) is 11.2 Å². The smallest absolute Gasteiger partial charge is 0.294 e. The highest BCUT2D eigenvalue weighted by Gasteiger charge is 2.29. The van der Waals surface area contributed by atoms with Gasteiger partial charge in [0.05, 0.1) is 4.92 Å². The molecule has 6 heteroatoms. The van der Waals surface area contributed by atoms with Gasteiger partial charge in [0.1, 0.15) is 5.69 Å². The SMILES string of the molecule is Cc1csc(=Nc2ccccc2[N+](=O)[O-])n1C1CCCC(C)C1C. The van der Waals surface area contributed by atoms with Crippen LogP contribution in [0.3, 0.4) is 0 Å². The molecule has 128 valence electrons. The first-order chi connectivity index (χ1) is 11.5. The molecule has 2 aromatic rings. The largest absolute Gasteiger partial charge is 0.318 e. The van der Waals surface area contributed by atoms with Gasteiger partial charge in [-0.1, -0.05) is 38.8 Å². The molecule has 1 saturated carbocycles. The highest BCUT2D eigenvalue weighted by atomic mass is 32.1. The Labute approximate surface area is 145 Å². The van der Waals surface area contributed by atoms with Gasteiger partial charge < -0.3 is 4.57 Å². The summed E-state index contributed by atoms with van der Waals surface area (Å²) in [5.41, 5.74) is 1.66. The predicted molar refractivity (Wildman–Crippen MR) is 96.6 cm³/mol. The average Bonchev–Trinajstić information content (AvgIpc) is 2.91. The third-order valence-corrected chi connectivity index (χ3v) is 6.17. The Hall–Kier alpha value is -1.95. The second-order valence-corrected chi connectivity index (χ2v) is 7.56. The van der Waals surface area contributed by atoms with Gasteiger partial charge in [-0.15, -0.1) is 11.3 Å². The summed E-state index contributed by atoms with van der Waals surface area (Å²) in [4.78, 5) is 16.4. The summed E-state index contributed by atoms with van der Waals surface area (Å²) in [5.74, 6) is 1.27. The zero-order chi connectivity index (χ0) is 17.3. The molecule has 24 heavy (non-hydrogen) atoms. The summed E-state index contributed by atoms with van der Waals surface area (Å²) in [6.45, 7) is 6.73. The number of aromatic nitrogens is 1. The second kappa shape index (κ2) is 6.89. The number of nitrogens with zero attached hydrogens (tertiary/aromatic N) is 3. The summed E-state index contributed by atoms with van der Waals surface area (Å²) in [6.07, 6.45) is 3.65.